The van der Waals surface area contributed by atoms with Crippen LogP contribution in [0.4, 0.5) is 5.69 Å². The quantitative estimate of drug-likeness (QED) is 0.615. The number of carbonyl (C=O) groups is 1. The molecule has 0 aromatic heterocycles. The minimum Gasteiger partial charge on any atom is -0.370 e. The van der Waals surface area contributed by atoms with Crippen LogP contribution in [0.1, 0.15) is 18.9 Å². The lowest BCUT2D eigenvalue weighted by Crippen LogP contribution is -2.36. The van der Waals surface area contributed by atoms with Crippen molar-refractivity contribution in [3.63, 3.8) is 0 Å². The zero-order valence-corrected chi connectivity index (χ0v) is 10.6. The van der Waals surface area contributed by atoms with Crippen molar-refractivity contribution >= 4 is 11.7 Å². The summed E-state index contributed by atoms with van der Waals surface area (Å²) in [7, 11) is 0. The van der Waals surface area contributed by atoms with Gasteiger partial charge < -0.3 is 9.74 Å². The third-order valence-electron chi connectivity index (χ3n) is 3.19. The highest BCUT2D eigenvalue weighted by molar-refractivity contribution is 5.70. The first kappa shape index (κ1) is 12.9. The molecular weight excluding hydrogens is 230 g/mol. The number of para-hydroxylation sites is 1. The second kappa shape index (κ2) is 5.84. The van der Waals surface area contributed by atoms with Gasteiger partial charge in [0.15, 0.2) is 0 Å². The Hall–Kier alpha value is -1.59. The molecule has 18 heavy (non-hydrogen) atoms. The fourth-order valence-electron chi connectivity index (χ4n) is 2.46. The second-order valence-electron chi connectivity index (χ2n) is 4.73. The molecule has 0 fully saturated rings. The summed E-state index contributed by atoms with van der Waals surface area (Å²) in [6, 6.07) is 8.34. The molecule has 1 heterocycles. The average molecular weight is 249 g/mol. The number of hydrazine groups is 1. The van der Waals surface area contributed by atoms with Gasteiger partial charge in [0.05, 0.1) is 6.42 Å². The Bertz CT molecular complexity index is 422. The van der Waals surface area contributed by atoms with Crippen LogP contribution in [-0.4, -0.2) is 19.1 Å². The maximum Gasteiger partial charge on any atom is 0.328 e. The smallest absolute Gasteiger partial charge is 0.328 e. The van der Waals surface area contributed by atoms with E-state index in [1.165, 1.54) is 11.3 Å². The van der Waals surface area contributed by atoms with Crippen LogP contribution >= 0.6 is 0 Å². The van der Waals surface area contributed by atoms with Crippen molar-refractivity contribution in [2.24, 2.45) is 11.8 Å². The summed E-state index contributed by atoms with van der Waals surface area (Å²) in [6.07, 6.45) is 1.42. The Kier molecular flexibility index (Phi) is 4.17. The van der Waals surface area contributed by atoms with Crippen molar-refractivity contribution in [1.82, 2.24) is 5.59 Å². The molecular formula is C13H19N3O2. The molecule has 0 saturated carbocycles. The maximum absolute atomic E-state index is 11.3. The molecule has 1 aromatic carbocycles. The van der Waals surface area contributed by atoms with Gasteiger partial charge in [-0.05, 0) is 24.0 Å². The van der Waals surface area contributed by atoms with Crippen LogP contribution in [0.5, 0.6) is 0 Å². The zero-order chi connectivity index (χ0) is 13.0. The predicted octanol–water partition coefficient (Wildman–Crippen LogP) is 0.997. The molecule has 0 bridgehead atoms. The standard InChI is InChI=1S/C13H19N3O2/c1-10-8-11-4-2-3-5-12(11)16(9-10)7-6-13(17)18-15-14/h2-5,10,15H,6-9,14H2,1H3. The highest BCUT2D eigenvalue weighted by Gasteiger charge is 2.21. The molecule has 1 aromatic rings. The number of hydrogen-bond donors (Lipinski definition) is 2. The molecule has 0 aliphatic carbocycles. The lowest BCUT2D eigenvalue weighted by atomic mass is 9.94. The number of nitrogens with one attached hydrogen (secondary N) is 1. The van der Waals surface area contributed by atoms with Crippen molar-refractivity contribution in [3.05, 3.63) is 29.8 Å². The van der Waals surface area contributed by atoms with E-state index in [2.05, 4.69) is 34.9 Å². The number of hydrogen-bond acceptors (Lipinski definition) is 5. The Balaban J connectivity index is 2.02. The molecule has 98 valence electrons. The van der Waals surface area contributed by atoms with Gasteiger partial charge in [-0.15, -0.1) is 0 Å². The first-order valence-electron chi connectivity index (χ1n) is 6.19. The number of benzene rings is 1. The Morgan fingerprint density at radius 1 is 1.56 bits per heavy atom. The summed E-state index contributed by atoms with van der Waals surface area (Å²) in [5, 5.41) is 0. The van der Waals surface area contributed by atoms with E-state index < -0.39 is 0 Å². The molecule has 1 unspecified atom stereocenters. The summed E-state index contributed by atoms with van der Waals surface area (Å²) in [5.41, 5.74) is 4.49. The summed E-state index contributed by atoms with van der Waals surface area (Å²) in [4.78, 5) is 18.0. The van der Waals surface area contributed by atoms with Crippen LogP contribution in [0.15, 0.2) is 24.3 Å². The lowest BCUT2D eigenvalue weighted by Gasteiger charge is -2.34. The molecule has 1 atom stereocenters. The SMILES string of the molecule is CC1Cc2ccccc2N(CCC(=O)ONN)C1. The van der Waals surface area contributed by atoms with Gasteiger partial charge in [-0.1, -0.05) is 30.7 Å². The number of nitrogens with zero attached hydrogens (tertiary/aromatic N) is 1. The van der Waals surface area contributed by atoms with Crippen LogP contribution in [0.3, 0.4) is 0 Å². The molecule has 1 aliphatic heterocycles. The van der Waals surface area contributed by atoms with Gasteiger partial charge in [0.2, 0.25) is 0 Å². The molecule has 0 saturated heterocycles. The van der Waals surface area contributed by atoms with Crippen LogP contribution in [-0.2, 0) is 16.1 Å². The molecule has 0 amide bonds. The maximum atomic E-state index is 11.3. The number of fused-ring (bicyclic) bond motifs is 1. The highest BCUT2D eigenvalue weighted by atomic mass is 16.7. The Morgan fingerprint density at radius 3 is 3.11 bits per heavy atom. The van der Waals surface area contributed by atoms with Crippen LogP contribution in [0.2, 0.25) is 0 Å². The first-order chi connectivity index (χ1) is 8.70. The average Bonchev–Trinajstić information content (AvgIpc) is 2.36. The fourth-order valence-corrected chi connectivity index (χ4v) is 2.46. The van der Waals surface area contributed by atoms with Gasteiger partial charge in [-0.3, -0.25) is 4.79 Å². The third kappa shape index (κ3) is 3.00. The van der Waals surface area contributed by atoms with Crippen molar-refractivity contribution < 1.29 is 9.63 Å². The van der Waals surface area contributed by atoms with Crippen LogP contribution < -0.4 is 16.3 Å². The van der Waals surface area contributed by atoms with Gasteiger partial charge in [0.25, 0.3) is 0 Å². The van der Waals surface area contributed by atoms with E-state index >= 15 is 0 Å². The zero-order valence-electron chi connectivity index (χ0n) is 10.6. The predicted molar refractivity (Wildman–Crippen MR) is 69.6 cm³/mol. The van der Waals surface area contributed by atoms with Crippen molar-refractivity contribution in [2.45, 2.75) is 19.8 Å². The molecule has 5 nitrogen and oxygen atoms in total. The lowest BCUT2D eigenvalue weighted by molar-refractivity contribution is -0.151. The Morgan fingerprint density at radius 2 is 2.33 bits per heavy atom. The van der Waals surface area contributed by atoms with Gasteiger partial charge in [0, 0.05) is 18.8 Å². The number of rotatable bonds is 4. The molecule has 1 aliphatic rings. The Labute approximate surface area is 107 Å². The summed E-state index contributed by atoms with van der Waals surface area (Å²) < 4.78 is 0. The molecule has 0 spiro atoms. The van der Waals surface area contributed by atoms with Crippen molar-refractivity contribution in [3.8, 4) is 0 Å². The molecule has 2 rings (SSSR count). The van der Waals surface area contributed by atoms with E-state index in [-0.39, 0.29) is 5.97 Å². The van der Waals surface area contributed by atoms with Crippen LogP contribution in [0.25, 0.3) is 0 Å². The topological polar surface area (TPSA) is 67.6 Å². The van der Waals surface area contributed by atoms with Gasteiger partial charge in [-0.2, -0.15) is 0 Å². The molecule has 3 N–H and O–H groups in total. The van der Waals surface area contributed by atoms with Gasteiger partial charge in [0.1, 0.15) is 0 Å². The first-order valence-corrected chi connectivity index (χ1v) is 6.19. The summed E-state index contributed by atoms with van der Waals surface area (Å²) >= 11 is 0. The summed E-state index contributed by atoms with van der Waals surface area (Å²) in [6.45, 7) is 3.85. The van der Waals surface area contributed by atoms with E-state index in [0.717, 1.165) is 13.0 Å². The van der Waals surface area contributed by atoms with Crippen molar-refractivity contribution in [1.29, 1.82) is 0 Å². The second-order valence-corrected chi connectivity index (χ2v) is 4.73. The highest BCUT2D eigenvalue weighted by Crippen LogP contribution is 2.29. The minimum absolute atomic E-state index is 0.325. The number of anilines is 1. The normalized spacial score (nSPS) is 18.3. The number of nitrogens with two attached hydrogens (primary N) is 1. The summed E-state index contributed by atoms with van der Waals surface area (Å²) in [5.74, 6) is 5.19. The van der Waals surface area contributed by atoms with E-state index in [1.54, 1.807) is 0 Å². The largest absolute Gasteiger partial charge is 0.370 e. The van der Waals surface area contributed by atoms with E-state index in [9.17, 15) is 4.79 Å². The molecule has 5 heteroatoms. The van der Waals surface area contributed by atoms with E-state index in [4.69, 9.17) is 5.84 Å². The third-order valence-corrected chi connectivity index (χ3v) is 3.19. The fraction of sp³-hybridized carbons (Fsp3) is 0.462. The minimum atomic E-state index is -0.340. The molecule has 0 radical (unpaired) electrons. The van der Waals surface area contributed by atoms with Crippen molar-refractivity contribution in [2.75, 3.05) is 18.0 Å². The monoisotopic (exact) mass is 249 g/mol. The van der Waals surface area contributed by atoms with Gasteiger partial charge >= 0.3 is 5.97 Å². The van der Waals surface area contributed by atoms with Gasteiger partial charge in [-0.25, -0.2) is 5.84 Å². The number of carbonyl (C=O) groups excluding carboxylic acids is 1. The van der Waals surface area contributed by atoms with E-state index in [0.29, 0.717) is 18.9 Å². The van der Waals surface area contributed by atoms with E-state index in [1.807, 2.05) is 11.7 Å². The van der Waals surface area contributed by atoms with Crippen LogP contribution in [0, 0.1) is 5.92 Å².